The minimum Gasteiger partial charge on any atom is -0.486 e. The Kier molecular flexibility index (Phi) is 5.24. The molecule has 9 nitrogen and oxygen atoms in total. The molecule has 1 aliphatic heterocycles. The largest absolute Gasteiger partial charge is 0.486 e. The number of nitrogens with zero attached hydrogens (tertiary/aromatic N) is 7. The molecule has 0 amide bonds. The van der Waals surface area contributed by atoms with Crippen molar-refractivity contribution in [2.75, 3.05) is 29.4 Å². The van der Waals surface area contributed by atoms with E-state index < -0.39 is 0 Å². The Balaban J connectivity index is 1.19. The van der Waals surface area contributed by atoms with Gasteiger partial charge < -0.3 is 19.1 Å². The summed E-state index contributed by atoms with van der Waals surface area (Å²) in [6.45, 7) is 4.96. The van der Waals surface area contributed by atoms with Crippen LogP contribution < -0.4 is 14.5 Å². The Morgan fingerprint density at radius 2 is 2.00 bits per heavy atom. The number of ether oxygens (including phenoxy) is 1. The third kappa shape index (κ3) is 4.09. The predicted octanol–water partition coefficient (Wildman–Crippen LogP) is 3.19. The summed E-state index contributed by atoms with van der Waals surface area (Å²) in [5.41, 5.74) is 1.02. The molecule has 1 atom stereocenters. The van der Waals surface area contributed by atoms with Gasteiger partial charge in [0.25, 0.3) is 5.95 Å². The molecule has 10 heteroatoms. The molecule has 1 unspecified atom stereocenters. The first-order chi connectivity index (χ1) is 14.7. The van der Waals surface area contributed by atoms with Crippen LogP contribution in [0.2, 0.25) is 0 Å². The van der Waals surface area contributed by atoms with Crippen LogP contribution in [0.4, 0.5) is 11.9 Å². The summed E-state index contributed by atoms with van der Waals surface area (Å²) >= 11 is 3.47. The van der Waals surface area contributed by atoms with E-state index in [1.54, 1.807) is 24.8 Å². The van der Waals surface area contributed by atoms with E-state index in [9.17, 15) is 0 Å². The summed E-state index contributed by atoms with van der Waals surface area (Å²) < 4.78 is 12.1. The molecule has 1 aliphatic carbocycles. The first-order valence-corrected chi connectivity index (χ1v) is 10.8. The molecule has 3 aromatic rings. The molecule has 1 saturated carbocycles. The number of hydrogen-bond donors (Lipinski definition) is 0. The van der Waals surface area contributed by atoms with Gasteiger partial charge in [0, 0.05) is 54.0 Å². The van der Waals surface area contributed by atoms with Crippen LogP contribution in [-0.4, -0.2) is 50.8 Å². The fourth-order valence-corrected chi connectivity index (χ4v) is 3.87. The van der Waals surface area contributed by atoms with Crippen molar-refractivity contribution in [1.82, 2.24) is 25.1 Å². The SMILES string of the molecule is CC1CN(c2noc(C3CC3)n2)CCN1c1ncc(OCc2ccncc2Br)cn1. The highest BCUT2D eigenvalue weighted by atomic mass is 79.9. The van der Waals surface area contributed by atoms with Crippen LogP contribution in [0.5, 0.6) is 5.75 Å². The van der Waals surface area contributed by atoms with E-state index in [2.05, 4.69) is 57.7 Å². The van der Waals surface area contributed by atoms with Crippen molar-refractivity contribution in [2.24, 2.45) is 0 Å². The zero-order valence-corrected chi connectivity index (χ0v) is 18.2. The monoisotopic (exact) mass is 471 g/mol. The third-order valence-electron chi connectivity index (χ3n) is 5.39. The highest BCUT2D eigenvalue weighted by Crippen LogP contribution is 2.39. The number of pyridine rings is 1. The van der Waals surface area contributed by atoms with Crippen molar-refractivity contribution in [3.05, 3.63) is 46.8 Å². The van der Waals surface area contributed by atoms with E-state index in [1.165, 1.54) is 0 Å². The molecule has 0 N–H and O–H groups in total. The summed E-state index contributed by atoms with van der Waals surface area (Å²) in [6.07, 6.45) is 9.24. The lowest BCUT2D eigenvalue weighted by Gasteiger charge is -2.39. The van der Waals surface area contributed by atoms with Gasteiger partial charge in [-0.05, 0) is 46.9 Å². The molecule has 4 heterocycles. The van der Waals surface area contributed by atoms with Gasteiger partial charge in [-0.2, -0.15) is 4.98 Å². The van der Waals surface area contributed by atoms with Crippen LogP contribution in [0.3, 0.4) is 0 Å². The van der Waals surface area contributed by atoms with Crippen molar-refractivity contribution >= 4 is 27.8 Å². The highest BCUT2D eigenvalue weighted by molar-refractivity contribution is 9.10. The maximum Gasteiger partial charge on any atom is 0.266 e. The summed E-state index contributed by atoms with van der Waals surface area (Å²) in [7, 11) is 0. The number of halogens is 1. The summed E-state index contributed by atoms with van der Waals surface area (Å²) in [5.74, 6) is 3.27. The van der Waals surface area contributed by atoms with Gasteiger partial charge in [0.15, 0.2) is 5.75 Å². The van der Waals surface area contributed by atoms with Gasteiger partial charge in [0.05, 0.1) is 12.4 Å². The number of aromatic nitrogens is 5. The van der Waals surface area contributed by atoms with Crippen molar-refractivity contribution in [1.29, 1.82) is 0 Å². The smallest absolute Gasteiger partial charge is 0.266 e. The second kappa shape index (κ2) is 8.17. The van der Waals surface area contributed by atoms with Crippen LogP contribution in [-0.2, 0) is 6.61 Å². The van der Waals surface area contributed by atoms with Crippen LogP contribution in [0.25, 0.3) is 0 Å². The minimum atomic E-state index is 0.223. The van der Waals surface area contributed by atoms with Crippen molar-refractivity contribution in [3.8, 4) is 5.75 Å². The minimum absolute atomic E-state index is 0.223. The molecule has 30 heavy (non-hydrogen) atoms. The van der Waals surface area contributed by atoms with Crippen LogP contribution in [0, 0.1) is 0 Å². The molecular weight excluding hydrogens is 450 g/mol. The molecule has 2 fully saturated rings. The lowest BCUT2D eigenvalue weighted by atomic mass is 10.2. The summed E-state index contributed by atoms with van der Waals surface area (Å²) in [5, 5.41) is 4.16. The number of piperazine rings is 1. The van der Waals surface area contributed by atoms with Crippen LogP contribution in [0.1, 0.15) is 37.1 Å². The maximum atomic E-state index is 5.81. The number of anilines is 2. The van der Waals surface area contributed by atoms with E-state index >= 15 is 0 Å². The molecule has 0 bridgehead atoms. The Morgan fingerprint density at radius 3 is 2.73 bits per heavy atom. The van der Waals surface area contributed by atoms with E-state index in [-0.39, 0.29) is 6.04 Å². The first-order valence-electron chi connectivity index (χ1n) is 10.1. The standard InChI is InChI=1S/C20H22BrN7O2/c1-13-11-27(20-25-18(30-26-20)14-2-3-14)6-7-28(13)19-23-8-16(9-24-19)29-12-15-4-5-22-10-17(15)21/h4-5,8-10,13-14H,2-3,6-7,11-12H2,1H3. The maximum absolute atomic E-state index is 5.81. The predicted molar refractivity (Wildman–Crippen MR) is 114 cm³/mol. The van der Waals surface area contributed by atoms with Crippen molar-refractivity contribution in [3.63, 3.8) is 0 Å². The molecule has 2 aliphatic rings. The average Bonchev–Trinajstić information content (AvgIpc) is 3.50. The van der Waals surface area contributed by atoms with Gasteiger partial charge in [-0.25, -0.2) is 9.97 Å². The van der Waals surface area contributed by atoms with Gasteiger partial charge in [-0.15, -0.1) is 0 Å². The Bertz CT molecular complexity index is 1010. The van der Waals surface area contributed by atoms with Gasteiger partial charge in [-0.1, -0.05) is 0 Å². The lowest BCUT2D eigenvalue weighted by molar-refractivity contribution is 0.302. The molecular formula is C20H22BrN7O2. The topological polar surface area (TPSA) is 93.3 Å². The summed E-state index contributed by atoms with van der Waals surface area (Å²) in [6, 6.07) is 2.14. The zero-order chi connectivity index (χ0) is 20.5. The Hall–Kier alpha value is -2.75. The zero-order valence-electron chi connectivity index (χ0n) is 16.6. The number of hydrogen-bond acceptors (Lipinski definition) is 9. The average molecular weight is 472 g/mol. The second-order valence-electron chi connectivity index (χ2n) is 7.67. The van der Waals surface area contributed by atoms with E-state index in [0.717, 1.165) is 48.4 Å². The molecule has 0 radical (unpaired) electrons. The van der Waals surface area contributed by atoms with Gasteiger partial charge >= 0.3 is 0 Å². The van der Waals surface area contributed by atoms with Crippen LogP contribution in [0.15, 0.2) is 39.8 Å². The fraction of sp³-hybridized carbons (Fsp3) is 0.450. The quantitative estimate of drug-likeness (QED) is 0.536. The Labute approximate surface area is 182 Å². The van der Waals surface area contributed by atoms with Gasteiger partial charge in [0.2, 0.25) is 11.8 Å². The number of rotatable bonds is 6. The molecule has 0 spiro atoms. The van der Waals surface area contributed by atoms with E-state index in [0.29, 0.717) is 30.2 Å². The lowest BCUT2D eigenvalue weighted by Crippen LogP contribution is -2.53. The summed E-state index contributed by atoms with van der Waals surface area (Å²) in [4.78, 5) is 22.0. The molecule has 156 valence electrons. The third-order valence-corrected chi connectivity index (χ3v) is 6.10. The normalized spacial score (nSPS) is 19.2. The molecule has 5 rings (SSSR count). The molecule has 1 saturated heterocycles. The van der Waals surface area contributed by atoms with E-state index in [1.807, 2.05) is 6.07 Å². The van der Waals surface area contributed by atoms with Gasteiger partial charge in [-0.3, -0.25) is 4.98 Å². The fourth-order valence-electron chi connectivity index (χ4n) is 3.50. The van der Waals surface area contributed by atoms with Gasteiger partial charge in [0.1, 0.15) is 6.61 Å². The Morgan fingerprint density at radius 1 is 1.17 bits per heavy atom. The highest BCUT2D eigenvalue weighted by Gasteiger charge is 2.32. The first kappa shape index (κ1) is 19.2. The van der Waals surface area contributed by atoms with Crippen LogP contribution >= 0.6 is 15.9 Å². The molecule has 3 aromatic heterocycles. The van der Waals surface area contributed by atoms with Crippen molar-refractivity contribution in [2.45, 2.75) is 38.3 Å². The molecule has 0 aromatic carbocycles. The van der Waals surface area contributed by atoms with Crippen molar-refractivity contribution < 1.29 is 9.26 Å². The second-order valence-corrected chi connectivity index (χ2v) is 8.52. The van der Waals surface area contributed by atoms with E-state index in [4.69, 9.17) is 9.26 Å².